The Hall–Kier alpha value is -1.33. The van der Waals surface area contributed by atoms with Gasteiger partial charge in [0.2, 0.25) is 0 Å². The molecule has 0 saturated carbocycles. The molecule has 1 rings (SSSR count). The average molecular weight is 255 g/mol. The molecule has 5 heteroatoms. The largest absolute Gasteiger partial charge is 0.465 e. The maximum atomic E-state index is 11.4. The van der Waals surface area contributed by atoms with Gasteiger partial charge in [0, 0.05) is 12.1 Å². The molecule has 102 valence electrons. The number of aliphatic hydroxyl groups excluding tert-OH is 1. The first-order valence-electron chi connectivity index (χ1n) is 5.93. The predicted molar refractivity (Wildman–Crippen MR) is 67.4 cm³/mol. The second-order valence-corrected chi connectivity index (χ2v) is 4.89. The zero-order valence-electron chi connectivity index (χ0n) is 11.4. The molecule has 0 aliphatic carbocycles. The number of carbonyl (C=O) groups excluding carboxylic acids is 1. The molecule has 2 N–H and O–H groups in total. The van der Waals surface area contributed by atoms with Crippen molar-refractivity contribution in [2.45, 2.75) is 39.3 Å². The fourth-order valence-electron chi connectivity index (χ4n) is 1.64. The molecule has 0 aromatic carbocycles. The van der Waals surface area contributed by atoms with Gasteiger partial charge in [-0.05, 0) is 33.3 Å². The molecule has 0 bridgehead atoms. The van der Waals surface area contributed by atoms with Crippen molar-refractivity contribution in [2.75, 3.05) is 13.7 Å². The molecule has 1 aromatic heterocycles. The normalized spacial score (nSPS) is 11.6. The summed E-state index contributed by atoms with van der Waals surface area (Å²) in [5, 5.41) is 12.2. The summed E-state index contributed by atoms with van der Waals surface area (Å²) in [5.74, 6) is 0.842. The number of nitrogens with one attached hydrogen (secondary N) is 1. The van der Waals surface area contributed by atoms with E-state index in [1.165, 1.54) is 7.11 Å². The van der Waals surface area contributed by atoms with E-state index >= 15 is 0 Å². The second-order valence-electron chi connectivity index (χ2n) is 4.89. The van der Waals surface area contributed by atoms with Gasteiger partial charge in [-0.15, -0.1) is 0 Å². The third-order valence-electron chi connectivity index (χ3n) is 2.85. The molecule has 0 radical (unpaired) electrons. The summed E-state index contributed by atoms with van der Waals surface area (Å²) >= 11 is 0. The highest BCUT2D eigenvalue weighted by atomic mass is 16.5. The third kappa shape index (κ3) is 3.85. The van der Waals surface area contributed by atoms with Crippen molar-refractivity contribution in [3.05, 3.63) is 23.2 Å². The first-order chi connectivity index (χ1) is 8.39. The standard InChI is InChI=1S/C13H21NO4/c1-9-11(12(16)17-4)7-10(18-9)8-14-13(2,3)5-6-15/h7,14-15H,5-6,8H2,1-4H3. The van der Waals surface area contributed by atoms with E-state index in [1.807, 2.05) is 13.8 Å². The van der Waals surface area contributed by atoms with Gasteiger partial charge < -0.3 is 19.6 Å². The molecule has 0 amide bonds. The summed E-state index contributed by atoms with van der Waals surface area (Å²) in [5.41, 5.74) is 0.273. The Balaban J connectivity index is 2.67. The van der Waals surface area contributed by atoms with Gasteiger partial charge in [-0.1, -0.05) is 0 Å². The molecule has 18 heavy (non-hydrogen) atoms. The van der Waals surface area contributed by atoms with Crippen molar-refractivity contribution < 1.29 is 19.1 Å². The zero-order chi connectivity index (χ0) is 13.8. The number of esters is 1. The monoisotopic (exact) mass is 255 g/mol. The van der Waals surface area contributed by atoms with Gasteiger partial charge in [0.15, 0.2) is 0 Å². The van der Waals surface area contributed by atoms with Gasteiger partial charge >= 0.3 is 5.97 Å². The van der Waals surface area contributed by atoms with Gasteiger partial charge in [-0.2, -0.15) is 0 Å². The maximum Gasteiger partial charge on any atom is 0.341 e. The van der Waals surface area contributed by atoms with Crippen LogP contribution in [0.4, 0.5) is 0 Å². The number of rotatable bonds is 6. The van der Waals surface area contributed by atoms with Gasteiger partial charge in [0.05, 0.1) is 13.7 Å². The number of ether oxygens (including phenoxy) is 1. The summed E-state index contributed by atoms with van der Waals surface area (Å²) in [6.45, 7) is 6.37. The van der Waals surface area contributed by atoms with Gasteiger partial charge in [0.1, 0.15) is 17.1 Å². The lowest BCUT2D eigenvalue weighted by molar-refractivity contribution is 0.0599. The molecule has 0 aliphatic rings. The number of aliphatic hydroxyl groups is 1. The van der Waals surface area contributed by atoms with Gasteiger partial charge in [-0.3, -0.25) is 0 Å². The summed E-state index contributed by atoms with van der Waals surface area (Å²) in [6, 6.07) is 1.68. The van der Waals surface area contributed by atoms with Crippen LogP contribution in [0, 0.1) is 6.92 Å². The van der Waals surface area contributed by atoms with Crippen molar-refractivity contribution in [1.82, 2.24) is 5.32 Å². The topological polar surface area (TPSA) is 71.7 Å². The molecule has 1 heterocycles. The molecule has 0 atom stereocenters. The van der Waals surface area contributed by atoms with E-state index in [1.54, 1.807) is 13.0 Å². The molecule has 5 nitrogen and oxygen atoms in total. The minimum absolute atomic E-state index is 0.130. The number of furan rings is 1. The van der Waals surface area contributed by atoms with Crippen molar-refractivity contribution in [2.24, 2.45) is 0 Å². The van der Waals surface area contributed by atoms with Gasteiger partial charge in [-0.25, -0.2) is 4.79 Å². The summed E-state index contributed by atoms with van der Waals surface area (Å²) in [4.78, 5) is 11.4. The van der Waals surface area contributed by atoms with Crippen LogP contribution < -0.4 is 5.32 Å². The van der Waals surface area contributed by atoms with E-state index in [2.05, 4.69) is 10.1 Å². The first-order valence-corrected chi connectivity index (χ1v) is 5.93. The first kappa shape index (κ1) is 14.7. The Morgan fingerprint density at radius 3 is 2.78 bits per heavy atom. The van der Waals surface area contributed by atoms with Crippen LogP contribution in [0.2, 0.25) is 0 Å². The summed E-state index contributed by atoms with van der Waals surface area (Å²) < 4.78 is 10.1. The van der Waals surface area contributed by atoms with Crippen molar-refractivity contribution >= 4 is 5.97 Å². The fourth-order valence-corrected chi connectivity index (χ4v) is 1.64. The Morgan fingerprint density at radius 2 is 2.22 bits per heavy atom. The fraction of sp³-hybridized carbons (Fsp3) is 0.615. The number of methoxy groups -OCH3 is 1. The van der Waals surface area contributed by atoms with Crippen molar-refractivity contribution in [3.8, 4) is 0 Å². The molecule has 0 spiro atoms. The van der Waals surface area contributed by atoms with E-state index in [-0.39, 0.29) is 12.1 Å². The van der Waals surface area contributed by atoms with Crippen LogP contribution in [0.3, 0.4) is 0 Å². The number of hydrogen-bond acceptors (Lipinski definition) is 5. The highest BCUT2D eigenvalue weighted by Gasteiger charge is 2.19. The summed E-state index contributed by atoms with van der Waals surface area (Å²) in [6.07, 6.45) is 0.649. The van der Waals surface area contributed by atoms with Crippen molar-refractivity contribution in [1.29, 1.82) is 0 Å². The van der Waals surface area contributed by atoms with E-state index in [0.717, 1.165) is 0 Å². The lowest BCUT2D eigenvalue weighted by Crippen LogP contribution is -2.39. The van der Waals surface area contributed by atoms with Crippen molar-refractivity contribution in [3.63, 3.8) is 0 Å². The number of hydrogen-bond donors (Lipinski definition) is 2. The Kier molecular flexibility index (Phi) is 4.93. The predicted octanol–water partition coefficient (Wildman–Crippen LogP) is 1.63. The molecule has 0 unspecified atom stereocenters. The molecule has 1 aromatic rings. The number of aryl methyl sites for hydroxylation is 1. The Morgan fingerprint density at radius 1 is 1.56 bits per heavy atom. The highest BCUT2D eigenvalue weighted by molar-refractivity contribution is 5.90. The smallest absolute Gasteiger partial charge is 0.341 e. The second kappa shape index (κ2) is 6.02. The average Bonchev–Trinajstić information content (AvgIpc) is 2.67. The van der Waals surface area contributed by atoms with E-state index in [0.29, 0.717) is 30.0 Å². The van der Waals surface area contributed by atoms with Crippen LogP contribution >= 0.6 is 0 Å². The summed E-state index contributed by atoms with van der Waals surface area (Å²) in [7, 11) is 1.34. The highest BCUT2D eigenvalue weighted by Crippen LogP contribution is 2.17. The van der Waals surface area contributed by atoms with Gasteiger partial charge in [0.25, 0.3) is 0 Å². The van der Waals surface area contributed by atoms with E-state index < -0.39 is 5.97 Å². The minimum atomic E-state index is -0.392. The lowest BCUT2D eigenvalue weighted by Gasteiger charge is -2.24. The molecule has 0 saturated heterocycles. The van der Waals surface area contributed by atoms with Crippen LogP contribution in [-0.2, 0) is 11.3 Å². The third-order valence-corrected chi connectivity index (χ3v) is 2.85. The molecular formula is C13H21NO4. The van der Waals surface area contributed by atoms with Crippen LogP contribution in [0.15, 0.2) is 10.5 Å². The Labute approximate surface area is 107 Å². The molecule has 0 aliphatic heterocycles. The lowest BCUT2D eigenvalue weighted by atomic mass is 10.0. The minimum Gasteiger partial charge on any atom is -0.465 e. The SMILES string of the molecule is COC(=O)c1cc(CNC(C)(C)CCO)oc1C. The van der Waals surface area contributed by atoms with Crippen LogP contribution in [-0.4, -0.2) is 30.3 Å². The molecular weight excluding hydrogens is 234 g/mol. The molecule has 0 fully saturated rings. The van der Waals surface area contributed by atoms with Crippen LogP contribution in [0.1, 0.15) is 42.1 Å². The maximum absolute atomic E-state index is 11.4. The van der Waals surface area contributed by atoms with E-state index in [9.17, 15) is 4.79 Å². The quantitative estimate of drug-likeness (QED) is 0.756. The number of carbonyl (C=O) groups is 1. The van der Waals surface area contributed by atoms with Crippen LogP contribution in [0.5, 0.6) is 0 Å². The Bertz CT molecular complexity index is 409. The van der Waals surface area contributed by atoms with E-state index in [4.69, 9.17) is 9.52 Å². The van der Waals surface area contributed by atoms with Crippen LogP contribution in [0.25, 0.3) is 0 Å². The zero-order valence-corrected chi connectivity index (χ0v) is 11.4.